The number of hydrogen-bond acceptors (Lipinski definition) is 3. The Morgan fingerprint density at radius 2 is 1.88 bits per heavy atom. The molecule has 1 atom stereocenters. The highest BCUT2D eigenvalue weighted by Crippen LogP contribution is 2.42. The van der Waals surface area contributed by atoms with Crippen LogP contribution < -0.4 is 10.6 Å². The van der Waals surface area contributed by atoms with Crippen LogP contribution in [0.4, 0.5) is 4.79 Å². The smallest absolute Gasteiger partial charge is 0.277 e. The summed E-state index contributed by atoms with van der Waals surface area (Å²) in [6.45, 7) is 2.02. The standard InChI is InChI=1S/C12H16N2O3/c1-2-5-8-6-3-4-7-12(8)9(15)13-11(17)14-10(12)16/h3-4,8H,2,5-7H2,1H3,(H2,13,14,15,16,17)/t8-/m0/s1. The first-order valence-corrected chi connectivity index (χ1v) is 5.93. The summed E-state index contributed by atoms with van der Waals surface area (Å²) in [7, 11) is 0. The zero-order valence-electron chi connectivity index (χ0n) is 9.79. The van der Waals surface area contributed by atoms with Gasteiger partial charge in [0.2, 0.25) is 11.8 Å². The van der Waals surface area contributed by atoms with Crippen LogP contribution in [-0.2, 0) is 9.59 Å². The molecule has 1 fully saturated rings. The zero-order chi connectivity index (χ0) is 12.5. The van der Waals surface area contributed by atoms with Gasteiger partial charge in [0, 0.05) is 0 Å². The van der Waals surface area contributed by atoms with Crippen molar-refractivity contribution in [1.29, 1.82) is 0 Å². The van der Waals surface area contributed by atoms with Crippen molar-refractivity contribution in [3.63, 3.8) is 0 Å². The van der Waals surface area contributed by atoms with E-state index in [0.717, 1.165) is 12.8 Å². The van der Waals surface area contributed by atoms with Crippen LogP contribution in [0.5, 0.6) is 0 Å². The fourth-order valence-corrected chi connectivity index (χ4v) is 2.73. The summed E-state index contributed by atoms with van der Waals surface area (Å²) in [6.07, 6.45) is 6.66. The quantitative estimate of drug-likeness (QED) is 0.557. The predicted octanol–water partition coefficient (Wildman–Crippen LogP) is 1.11. The second kappa shape index (κ2) is 4.31. The van der Waals surface area contributed by atoms with E-state index in [2.05, 4.69) is 10.6 Å². The molecule has 2 rings (SSSR count). The molecule has 4 amide bonds. The van der Waals surface area contributed by atoms with E-state index in [1.165, 1.54) is 0 Å². The van der Waals surface area contributed by atoms with Gasteiger partial charge in [-0.2, -0.15) is 0 Å². The zero-order valence-corrected chi connectivity index (χ0v) is 9.79. The van der Waals surface area contributed by atoms with E-state index in [4.69, 9.17) is 0 Å². The average molecular weight is 236 g/mol. The molecule has 2 N–H and O–H groups in total. The summed E-state index contributed by atoms with van der Waals surface area (Å²) in [5.74, 6) is -0.922. The van der Waals surface area contributed by atoms with Crippen molar-refractivity contribution in [1.82, 2.24) is 10.6 Å². The summed E-state index contributed by atoms with van der Waals surface area (Å²) < 4.78 is 0. The maximum absolute atomic E-state index is 12.1. The van der Waals surface area contributed by atoms with Gasteiger partial charge in [-0.1, -0.05) is 25.5 Å². The molecule has 1 aliphatic heterocycles. The molecule has 5 nitrogen and oxygen atoms in total. The fraction of sp³-hybridized carbons (Fsp3) is 0.583. The highest BCUT2D eigenvalue weighted by Gasteiger charge is 2.54. The van der Waals surface area contributed by atoms with Crippen molar-refractivity contribution in [2.24, 2.45) is 11.3 Å². The number of urea groups is 1. The van der Waals surface area contributed by atoms with Crippen molar-refractivity contribution in [2.45, 2.75) is 32.6 Å². The topological polar surface area (TPSA) is 75.3 Å². The van der Waals surface area contributed by atoms with Gasteiger partial charge in [0.25, 0.3) is 0 Å². The summed E-state index contributed by atoms with van der Waals surface area (Å²) in [4.78, 5) is 35.2. The Morgan fingerprint density at radius 1 is 1.24 bits per heavy atom. The van der Waals surface area contributed by atoms with Gasteiger partial charge < -0.3 is 0 Å². The average Bonchev–Trinajstić information content (AvgIpc) is 2.28. The van der Waals surface area contributed by atoms with Crippen LogP contribution in [0, 0.1) is 11.3 Å². The largest absolute Gasteiger partial charge is 0.328 e. The van der Waals surface area contributed by atoms with Crippen LogP contribution in [0.1, 0.15) is 32.6 Å². The molecule has 0 aromatic heterocycles. The van der Waals surface area contributed by atoms with E-state index >= 15 is 0 Å². The third kappa shape index (κ3) is 1.75. The first kappa shape index (κ1) is 11.8. The van der Waals surface area contributed by atoms with E-state index < -0.39 is 23.3 Å². The van der Waals surface area contributed by atoms with Gasteiger partial charge >= 0.3 is 6.03 Å². The van der Waals surface area contributed by atoms with Crippen molar-refractivity contribution < 1.29 is 14.4 Å². The molecule has 1 spiro atoms. The number of carbonyl (C=O) groups is 3. The molecule has 0 unspecified atom stereocenters. The lowest BCUT2D eigenvalue weighted by molar-refractivity contribution is -0.149. The van der Waals surface area contributed by atoms with Gasteiger partial charge in [-0.25, -0.2) is 4.79 Å². The number of imide groups is 2. The first-order valence-electron chi connectivity index (χ1n) is 5.93. The van der Waals surface area contributed by atoms with Gasteiger partial charge in [-0.15, -0.1) is 0 Å². The second-order valence-electron chi connectivity index (χ2n) is 4.61. The number of hydrogen-bond donors (Lipinski definition) is 2. The predicted molar refractivity (Wildman–Crippen MR) is 60.9 cm³/mol. The molecule has 5 heteroatoms. The van der Waals surface area contributed by atoms with Crippen LogP contribution in [0.25, 0.3) is 0 Å². The van der Waals surface area contributed by atoms with Crippen molar-refractivity contribution in [3.05, 3.63) is 12.2 Å². The number of carbonyl (C=O) groups excluding carboxylic acids is 3. The molecule has 2 aliphatic rings. The van der Waals surface area contributed by atoms with Crippen LogP contribution >= 0.6 is 0 Å². The SMILES string of the molecule is CCC[C@H]1CC=CCC12C(=O)NC(=O)NC2=O. The minimum atomic E-state index is -1.08. The number of amides is 4. The molecular weight excluding hydrogens is 220 g/mol. The second-order valence-corrected chi connectivity index (χ2v) is 4.61. The van der Waals surface area contributed by atoms with Crippen LogP contribution in [0.15, 0.2) is 12.2 Å². The highest BCUT2D eigenvalue weighted by atomic mass is 16.2. The van der Waals surface area contributed by atoms with Gasteiger partial charge in [-0.05, 0) is 25.2 Å². The number of barbiturate groups is 1. The number of nitrogens with one attached hydrogen (secondary N) is 2. The Bertz CT molecular complexity index is 381. The molecule has 0 bridgehead atoms. The summed E-state index contributed by atoms with van der Waals surface area (Å²) >= 11 is 0. The van der Waals surface area contributed by atoms with E-state index in [1.807, 2.05) is 19.1 Å². The Morgan fingerprint density at radius 3 is 2.47 bits per heavy atom. The van der Waals surface area contributed by atoms with Crippen molar-refractivity contribution in [2.75, 3.05) is 0 Å². The normalized spacial score (nSPS) is 26.9. The minimum absolute atomic E-state index is 0.0226. The lowest BCUT2D eigenvalue weighted by Crippen LogP contribution is -2.65. The monoisotopic (exact) mass is 236 g/mol. The van der Waals surface area contributed by atoms with E-state index in [1.54, 1.807) is 0 Å². The lowest BCUT2D eigenvalue weighted by Gasteiger charge is -2.41. The lowest BCUT2D eigenvalue weighted by atomic mass is 9.65. The molecule has 0 saturated carbocycles. The Labute approximate surface area is 99.6 Å². The summed E-state index contributed by atoms with van der Waals surface area (Å²) in [5, 5.41) is 4.43. The Kier molecular flexibility index (Phi) is 3.00. The van der Waals surface area contributed by atoms with Crippen molar-refractivity contribution in [3.8, 4) is 0 Å². The third-order valence-electron chi connectivity index (χ3n) is 3.63. The summed E-state index contributed by atoms with van der Waals surface area (Å²) in [5.41, 5.74) is -1.08. The molecule has 17 heavy (non-hydrogen) atoms. The molecule has 0 aromatic rings. The van der Waals surface area contributed by atoms with E-state index in [0.29, 0.717) is 12.8 Å². The summed E-state index contributed by atoms with van der Waals surface area (Å²) in [6, 6.07) is -0.713. The molecule has 1 heterocycles. The van der Waals surface area contributed by atoms with Crippen LogP contribution in [0.3, 0.4) is 0 Å². The number of rotatable bonds is 2. The third-order valence-corrected chi connectivity index (χ3v) is 3.63. The molecule has 0 radical (unpaired) electrons. The Hall–Kier alpha value is -1.65. The van der Waals surface area contributed by atoms with Gasteiger partial charge in [-0.3, -0.25) is 20.2 Å². The highest BCUT2D eigenvalue weighted by molar-refractivity contribution is 6.19. The van der Waals surface area contributed by atoms with Crippen LogP contribution in [0.2, 0.25) is 0 Å². The van der Waals surface area contributed by atoms with Gasteiger partial charge in [0.05, 0.1) is 0 Å². The van der Waals surface area contributed by atoms with Crippen LogP contribution in [-0.4, -0.2) is 17.8 Å². The maximum Gasteiger partial charge on any atom is 0.328 e. The number of allylic oxidation sites excluding steroid dienone is 2. The minimum Gasteiger partial charge on any atom is -0.277 e. The molecule has 0 aromatic carbocycles. The van der Waals surface area contributed by atoms with Gasteiger partial charge in [0.15, 0.2) is 0 Å². The van der Waals surface area contributed by atoms with Crippen molar-refractivity contribution >= 4 is 17.8 Å². The first-order chi connectivity index (χ1) is 8.11. The van der Waals surface area contributed by atoms with E-state index in [-0.39, 0.29) is 5.92 Å². The fourth-order valence-electron chi connectivity index (χ4n) is 2.73. The molecule has 1 saturated heterocycles. The molecular formula is C12H16N2O3. The molecule has 1 aliphatic carbocycles. The Balaban J connectivity index is 2.36. The molecule has 92 valence electrons. The maximum atomic E-state index is 12.1. The van der Waals surface area contributed by atoms with E-state index in [9.17, 15) is 14.4 Å². The van der Waals surface area contributed by atoms with Gasteiger partial charge in [0.1, 0.15) is 5.41 Å².